The predicted molar refractivity (Wildman–Crippen MR) is 92.8 cm³/mol. The van der Waals surface area contributed by atoms with Gasteiger partial charge in [-0.3, -0.25) is 9.59 Å². The Balaban J connectivity index is 2.06. The number of H-pyrrole nitrogens is 1. The Bertz CT molecular complexity index is 789. The predicted octanol–water partition coefficient (Wildman–Crippen LogP) is 2.63. The van der Waals surface area contributed by atoms with Gasteiger partial charge in [-0.05, 0) is 38.0 Å². The fourth-order valence-electron chi connectivity index (χ4n) is 2.18. The Morgan fingerprint density at radius 2 is 2.08 bits per heavy atom. The van der Waals surface area contributed by atoms with Gasteiger partial charge in [0.15, 0.2) is 0 Å². The lowest BCUT2D eigenvalue weighted by atomic mass is 10.1. The van der Waals surface area contributed by atoms with E-state index in [1.165, 1.54) is 0 Å². The molecule has 1 atom stereocenters. The zero-order valence-electron chi connectivity index (χ0n) is 13.9. The van der Waals surface area contributed by atoms with Crippen molar-refractivity contribution in [1.82, 2.24) is 15.5 Å². The van der Waals surface area contributed by atoms with E-state index in [-0.39, 0.29) is 18.2 Å². The van der Waals surface area contributed by atoms with E-state index in [2.05, 4.69) is 15.5 Å². The van der Waals surface area contributed by atoms with E-state index in [1.54, 1.807) is 26.0 Å². The lowest BCUT2D eigenvalue weighted by Crippen LogP contribution is -2.38. The molecule has 6 nitrogen and oxygen atoms in total. The molecular weight excluding hydrogens is 330 g/mol. The smallest absolute Gasteiger partial charge is 0.277 e. The van der Waals surface area contributed by atoms with Crippen LogP contribution >= 0.6 is 11.6 Å². The zero-order valence-corrected chi connectivity index (χ0v) is 14.6. The number of para-hydroxylation sites is 1. The largest absolute Gasteiger partial charge is 0.487 e. The van der Waals surface area contributed by atoms with Crippen LogP contribution in [0, 0.1) is 13.8 Å². The van der Waals surface area contributed by atoms with E-state index in [4.69, 9.17) is 16.3 Å². The number of benzene rings is 1. The molecule has 1 amide bonds. The second kappa shape index (κ2) is 7.97. The molecule has 1 heterocycles. The molecule has 0 aliphatic carbocycles. The average molecular weight is 350 g/mol. The van der Waals surface area contributed by atoms with Crippen LogP contribution in [-0.4, -0.2) is 28.8 Å². The number of carbonyl (C=O) groups excluding carboxylic acids is 1. The first-order valence-electron chi connectivity index (χ1n) is 7.69. The van der Waals surface area contributed by atoms with Crippen LogP contribution in [0.25, 0.3) is 0 Å². The van der Waals surface area contributed by atoms with Gasteiger partial charge >= 0.3 is 0 Å². The number of halogens is 1. The highest BCUT2D eigenvalue weighted by Crippen LogP contribution is 2.24. The first-order valence-corrected chi connectivity index (χ1v) is 8.07. The van der Waals surface area contributed by atoms with Gasteiger partial charge < -0.3 is 10.1 Å². The van der Waals surface area contributed by atoms with Crippen molar-refractivity contribution >= 4 is 17.5 Å². The number of hydrogen-bond donors (Lipinski definition) is 2. The Kier molecular flexibility index (Phi) is 5.98. The molecule has 0 bridgehead atoms. The Hall–Kier alpha value is -2.34. The maximum absolute atomic E-state index is 12.3. The zero-order chi connectivity index (χ0) is 17.7. The van der Waals surface area contributed by atoms with Crippen molar-refractivity contribution in [2.24, 2.45) is 0 Å². The van der Waals surface area contributed by atoms with Gasteiger partial charge in [-0.2, -0.15) is 5.10 Å². The summed E-state index contributed by atoms with van der Waals surface area (Å²) < 4.78 is 5.82. The highest BCUT2D eigenvalue weighted by atomic mass is 35.5. The lowest BCUT2D eigenvalue weighted by molar-refractivity contribution is 0.0923. The fourth-order valence-corrected chi connectivity index (χ4v) is 2.36. The summed E-state index contributed by atoms with van der Waals surface area (Å²) in [4.78, 5) is 24.2. The first-order chi connectivity index (χ1) is 11.4. The van der Waals surface area contributed by atoms with Crippen LogP contribution in [0.2, 0.25) is 5.02 Å². The number of carbonyl (C=O) groups is 1. The maximum atomic E-state index is 12.3. The molecule has 7 heteroatoms. The molecule has 0 aliphatic rings. The molecule has 0 saturated carbocycles. The summed E-state index contributed by atoms with van der Waals surface area (Å²) in [5.41, 5.74) is 0.751. The Labute approximate surface area is 145 Å². The summed E-state index contributed by atoms with van der Waals surface area (Å²) in [6.45, 7) is 5.64. The molecule has 0 aliphatic heterocycles. The second-order valence-electron chi connectivity index (χ2n) is 5.43. The highest BCUT2D eigenvalue weighted by Gasteiger charge is 2.18. The lowest BCUT2D eigenvalue weighted by Gasteiger charge is -2.19. The molecule has 2 aromatic rings. The number of aromatic amines is 1. The topological polar surface area (TPSA) is 84.1 Å². The van der Waals surface area contributed by atoms with Gasteiger partial charge in [0.2, 0.25) is 0 Å². The second-order valence-corrected chi connectivity index (χ2v) is 5.83. The summed E-state index contributed by atoms with van der Waals surface area (Å²) in [6, 6.07) is 7.16. The number of rotatable bonds is 6. The molecule has 128 valence electrons. The van der Waals surface area contributed by atoms with Crippen LogP contribution in [0.4, 0.5) is 0 Å². The Morgan fingerprint density at radius 3 is 2.75 bits per heavy atom. The van der Waals surface area contributed by atoms with Crippen molar-refractivity contribution < 1.29 is 9.53 Å². The van der Waals surface area contributed by atoms with Crippen molar-refractivity contribution in [1.29, 1.82) is 0 Å². The van der Waals surface area contributed by atoms with Crippen molar-refractivity contribution in [3.63, 3.8) is 0 Å². The van der Waals surface area contributed by atoms with Gasteiger partial charge in [-0.1, -0.05) is 30.7 Å². The SMILES string of the molecule is CC[C@H](CNC(=O)c1c(C)c(C)n[nH]c1=O)Oc1ccccc1Cl. The monoisotopic (exact) mass is 349 g/mol. The van der Waals surface area contributed by atoms with Crippen LogP contribution in [0.1, 0.15) is 35.0 Å². The average Bonchev–Trinajstić information content (AvgIpc) is 2.57. The molecule has 24 heavy (non-hydrogen) atoms. The van der Waals surface area contributed by atoms with Gasteiger partial charge in [0.05, 0.1) is 17.3 Å². The van der Waals surface area contributed by atoms with Gasteiger partial charge in [-0.15, -0.1) is 0 Å². The minimum absolute atomic E-state index is 0.0788. The molecule has 0 saturated heterocycles. The van der Waals surface area contributed by atoms with E-state index in [1.807, 2.05) is 19.1 Å². The number of nitrogens with one attached hydrogen (secondary N) is 2. The molecule has 0 spiro atoms. The van der Waals surface area contributed by atoms with Crippen LogP contribution in [0.5, 0.6) is 5.75 Å². The Morgan fingerprint density at radius 1 is 1.38 bits per heavy atom. The van der Waals surface area contributed by atoms with Crippen LogP contribution in [0.3, 0.4) is 0 Å². The fraction of sp³-hybridized carbons (Fsp3) is 0.353. The molecule has 1 aromatic carbocycles. The third kappa shape index (κ3) is 4.14. The maximum Gasteiger partial charge on any atom is 0.277 e. The summed E-state index contributed by atoms with van der Waals surface area (Å²) in [6.07, 6.45) is 0.423. The number of ether oxygens (including phenoxy) is 1. The van der Waals surface area contributed by atoms with E-state index in [9.17, 15) is 9.59 Å². The van der Waals surface area contributed by atoms with Gasteiger partial charge in [0, 0.05) is 0 Å². The van der Waals surface area contributed by atoms with Crippen molar-refractivity contribution in [3.05, 3.63) is 56.5 Å². The van der Waals surface area contributed by atoms with Crippen LogP contribution < -0.4 is 15.6 Å². The summed E-state index contributed by atoms with van der Waals surface area (Å²) >= 11 is 6.08. The van der Waals surface area contributed by atoms with Gasteiger partial charge in [0.1, 0.15) is 17.4 Å². The number of hydrogen-bond acceptors (Lipinski definition) is 4. The standard InChI is InChI=1S/C17H20ClN3O3/c1-4-12(24-14-8-6-5-7-13(14)18)9-19-16(22)15-10(2)11(3)20-21-17(15)23/h5-8,12H,4,9H2,1-3H3,(H,19,22)(H,21,23)/t12-/m1/s1. The van der Waals surface area contributed by atoms with Crippen LogP contribution in [0.15, 0.2) is 29.1 Å². The minimum atomic E-state index is -0.504. The number of amides is 1. The molecular formula is C17H20ClN3O3. The summed E-state index contributed by atoms with van der Waals surface area (Å²) in [5.74, 6) is 0.120. The van der Waals surface area contributed by atoms with Crippen molar-refractivity contribution in [2.45, 2.75) is 33.3 Å². The normalized spacial score (nSPS) is 11.8. The molecule has 1 aromatic heterocycles. The van der Waals surface area contributed by atoms with Gasteiger partial charge in [-0.25, -0.2) is 5.10 Å². The van der Waals surface area contributed by atoms with Gasteiger partial charge in [0.25, 0.3) is 11.5 Å². The number of aromatic nitrogens is 2. The molecule has 0 radical (unpaired) electrons. The first kappa shape index (κ1) is 18.0. The molecule has 2 rings (SSSR count). The summed E-state index contributed by atoms with van der Waals surface area (Å²) in [5, 5.41) is 9.42. The highest BCUT2D eigenvalue weighted by molar-refractivity contribution is 6.32. The third-order valence-electron chi connectivity index (χ3n) is 3.77. The van der Waals surface area contributed by atoms with Crippen molar-refractivity contribution in [2.75, 3.05) is 6.54 Å². The van der Waals surface area contributed by atoms with Crippen molar-refractivity contribution in [3.8, 4) is 5.75 Å². The number of aryl methyl sites for hydroxylation is 1. The molecule has 0 unspecified atom stereocenters. The summed E-state index contributed by atoms with van der Waals surface area (Å²) in [7, 11) is 0. The third-order valence-corrected chi connectivity index (χ3v) is 4.09. The van der Waals surface area contributed by atoms with Crippen LogP contribution in [-0.2, 0) is 0 Å². The molecule has 0 fully saturated rings. The van der Waals surface area contributed by atoms with E-state index in [0.29, 0.717) is 28.5 Å². The number of nitrogens with zero attached hydrogens (tertiary/aromatic N) is 1. The molecule has 2 N–H and O–H groups in total. The van der Waals surface area contributed by atoms with E-state index >= 15 is 0 Å². The quantitative estimate of drug-likeness (QED) is 0.839. The van der Waals surface area contributed by atoms with E-state index in [0.717, 1.165) is 0 Å². The minimum Gasteiger partial charge on any atom is -0.487 e. The van der Waals surface area contributed by atoms with E-state index < -0.39 is 11.5 Å².